The van der Waals surface area contributed by atoms with Gasteiger partial charge in [-0.3, -0.25) is 10.1 Å². The van der Waals surface area contributed by atoms with Crippen LogP contribution in [0.15, 0.2) is 41.7 Å². The van der Waals surface area contributed by atoms with Crippen LogP contribution in [0.25, 0.3) is 6.08 Å². The van der Waals surface area contributed by atoms with Crippen molar-refractivity contribution in [3.8, 4) is 0 Å². The Morgan fingerprint density at radius 1 is 1.29 bits per heavy atom. The molecule has 5 nitrogen and oxygen atoms in total. The van der Waals surface area contributed by atoms with Crippen LogP contribution in [0.2, 0.25) is 0 Å². The van der Waals surface area contributed by atoms with Crippen LogP contribution in [0.4, 0.5) is 5.69 Å². The minimum absolute atomic E-state index is 0.0299. The Labute approximate surface area is 97.2 Å². The smallest absolute Gasteiger partial charge is 0.339 e. The molecule has 0 saturated heterocycles. The first-order chi connectivity index (χ1) is 8.06. The zero-order chi connectivity index (χ0) is 12.4. The van der Waals surface area contributed by atoms with Crippen LogP contribution in [0, 0.1) is 10.1 Å². The fourth-order valence-electron chi connectivity index (χ4n) is 1.42. The van der Waals surface area contributed by atoms with Gasteiger partial charge in [0.05, 0.1) is 4.92 Å². The second-order valence-electron chi connectivity index (χ2n) is 3.61. The molecule has 0 aromatic heterocycles. The van der Waals surface area contributed by atoms with Crippen molar-refractivity contribution in [3.05, 3.63) is 57.4 Å². The van der Waals surface area contributed by atoms with Gasteiger partial charge in [-0.05, 0) is 36.8 Å². The molecule has 1 aromatic carbocycles. The number of esters is 1. The van der Waals surface area contributed by atoms with Crippen molar-refractivity contribution in [3.63, 3.8) is 0 Å². The molecule has 0 bridgehead atoms. The first-order valence-electron chi connectivity index (χ1n) is 4.93. The van der Waals surface area contributed by atoms with Crippen LogP contribution in [-0.4, -0.2) is 10.9 Å². The molecule has 0 atom stereocenters. The lowest BCUT2D eigenvalue weighted by Crippen LogP contribution is -1.94. The normalized spacial score (nSPS) is 16.9. The van der Waals surface area contributed by atoms with Gasteiger partial charge in [0.15, 0.2) is 0 Å². The maximum absolute atomic E-state index is 11.1. The van der Waals surface area contributed by atoms with Gasteiger partial charge in [0.2, 0.25) is 0 Å². The van der Waals surface area contributed by atoms with E-state index in [0.29, 0.717) is 11.3 Å². The Bertz CT molecular complexity index is 540. The van der Waals surface area contributed by atoms with E-state index in [1.54, 1.807) is 31.2 Å². The lowest BCUT2D eigenvalue weighted by atomic mass is 10.2. The molecule has 0 spiro atoms. The minimum atomic E-state index is -0.462. The molecule has 0 aliphatic carbocycles. The van der Waals surface area contributed by atoms with Crippen LogP contribution in [0.5, 0.6) is 0 Å². The topological polar surface area (TPSA) is 69.4 Å². The zero-order valence-corrected chi connectivity index (χ0v) is 9.04. The van der Waals surface area contributed by atoms with Crippen molar-refractivity contribution < 1.29 is 14.5 Å². The van der Waals surface area contributed by atoms with Gasteiger partial charge in [-0.15, -0.1) is 0 Å². The van der Waals surface area contributed by atoms with Gasteiger partial charge in [-0.2, -0.15) is 0 Å². The van der Waals surface area contributed by atoms with Crippen molar-refractivity contribution in [1.82, 2.24) is 0 Å². The van der Waals surface area contributed by atoms with E-state index in [4.69, 9.17) is 4.74 Å². The molecule has 0 amide bonds. The summed E-state index contributed by atoms with van der Waals surface area (Å²) in [6.07, 6.45) is 3.28. The largest absolute Gasteiger partial charge is 0.423 e. The summed E-state index contributed by atoms with van der Waals surface area (Å²) in [4.78, 5) is 21.1. The van der Waals surface area contributed by atoms with Crippen molar-refractivity contribution in [2.45, 2.75) is 6.92 Å². The van der Waals surface area contributed by atoms with E-state index >= 15 is 0 Å². The fraction of sp³-hybridized carbons (Fsp3) is 0.0833. The van der Waals surface area contributed by atoms with Crippen LogP contribution in [0.1, 0.15) is 12.5 Å². The fourth-order valence-corrected chi connectivity index (χ4v) is 1.42. The molecule has 0 N–H and O–H groups in total. The quantitative estimate of drug-likeness (QED) is 0.445. The highest BCUT2D eigenvalue weighted by Crippen LogP contribution is 2.20. The van der Waals surface area contributed by atoms with Gasteiger partial charge in [0, 0.05) is 17.7 Å². The average Bonchev–Trinajstić information content (AvgIpc) is 2.58. The standard InChI is InChI=1S/C12H9NO4/c1-8-6-11(17-12(8)14)7-9-2-4-10(5-3-9)13(15)16/h2-7H,1H3/b11-7-. The number of allylic oxidation sites excluding steroid dienone is 1. The predicted molar refractivity (Wildman–Crippen MR) is 60.9 cm³/mol. The summed E-state index contributed by atoms with van der Waals surface area (Å²) in [5.74, 6) is 0.0829. The molecular formula is C12H9NO4. The highest BCUT2D eigenvalue weighted by molar-refractivity contribution is 5.93. The molecule has 0 unspecified atom stereocenters. The number of nitro benzene ring substituents is 1. The number of hydrogen-bond donors (Lipinski definition) is 0. The summed E-state index contributed by atoms with van der Waals surface area (Å²) in [7, 11) is 0. The minimum Gasteiger partial charge on any atom is -0.423 e. The summed E-state index contributed by atoms with van der Waals surface area (Å²) in [5, 5.41) is 10.5. The number of carbonyl (C=O) groups excluding carboxylic acids is 1. The lowest BCUT2D eigenvalue weighted by Gasteiger charge is -1.97. The molecule has 1 aliphatic heterocycles. The number of non-ortho nitro benzene ring substituents is 1. The second-order valence-corrected chi connectivity index (χ2v) is 3.61. The van der Waals surface area contributed by atoms with Gasteiger partial charge in [-0.25, -0.2) is 4.79 Å². The number of nitro groups is 1. The molecule has 0 saturated carbocycles. The third kappa shape index (κ3) is 2.39. The molecule has 0 radical (unpaired) electrons. The third-order valence-corrected chi connectivity index (χ3v) is 2.30. The zero-order valence-electron chi connectivity index (χ0n) is 9.04. The molecule has 2 rings (SSSR count). The van der Waals surface area contributed by atoms with Gasteiger partial charge in [-0.1, -0.05) is 0 Å². The Balaban J connectivity index is 2.23. The summed E-state index contributed by atoms with van der Waals surface area (Å²) in [6.45, 7) is 1.67. The number of benzene rings is 1. The van der Waals surface area contributed by atoms with E-state index in [9.17, 15) is 14.9 Å². The van der Waals surface area contributed by atoms with Crippen molar-refractivity contribution >= 4 is 17.7 Å². The van der Waals surface area contributed by atoms with Crippen molar-refractivity contribution in [1.29, 1.82) is 0 Å². The van der Waals surface area contributed by atoms with Crippen molar-refractivity contribution in [2.24, 2.45) is 0 Å². The van der Waals surface area contributed by atoms with Crippen LogP contribution in [-0.2, 0) is 9.53 Å². The molecular weight excluding hydrogens is 222 g/mol. The molecule has 0 fully saturated rings. The number of nitrogens with zero attached hydrogens (tertiary/aromatic N) is 1. The van der Waals surface area contributed by atoms with E-state index in [1.807, 2.05) is 0 Å². The summed E-state index contributed by atoms with van der Waals surface area (Å²) in [6, 6.07) is 6.00. The summed E-state index contributed by atoms with van der Waals surface area (Å²) < 4.78 is 4.95. The lowest BCUT2D eigenvalue weighted by molar-refractivity contribution is -0.384. The van der Waals surface area contributed by atoms with Crippen LogP contribution in [0.3, 0.4) is 0 Å². The predicted octanol–water partition coefficient (Wildman–Crippen LogP) is 2.44. The van der Waals surface area contributed by atoms with E-state index in [1.165, 1.54) is 12.1 Å². The number of carbonyl (C=O) groups is 1. The summed E-state index contributed by atoms with van der Waals surface area (Å²) in [5.41, 5.74) is 1.31. The van der Waals surface area contributed by atoms with Crippen LogP contribution >= 0.6 is 0 Å². The van der Waals surface area contributed by atoms with E-state index in [-0.39, 0.29) is 11.7 Å². The van der Waals surface area contributed by atoms with Gasteiger partial charge in [0.1, 0.15) is 5.76 Å². The maximum Gasteiger partial charge on any atom is 0.339 e. The van der Waals surface area contributed by atoms with Gasteiger partial charge >= 0.3 is 5.97 Å². The molecule has 17 heavy (non-hydrogen) atoms. The average molecular weight is 231 g/mol. The number of hydrogen-bond acceptors (Lipinski definition) is 4. The molecule has 86 valence electrons. The van der Waals surface area contributed by atoms with E-state index in [2.05, 4.69) is 0 Å². The van der Waals surface area contributed by atoms with Crippen molar-refractivity contribution in [2.75, 3.05) is 0 Å². The number of rotatable bonds is 2. The monoisotopic (exact) mass is 231 g/mol. The molecule has 1 aliphatic rings. The SMILES string of the molecule is CC1=C/C(=C/c2ccc([N+](=O)[O-])cc2)OC1=O. The van der Waals surface area contributed by atoms with E-state index in [0.717, 1.165) is 5.56 Å². The molecule has 1 aromatic rings. The summed E-state index contributed by atoms with van der Waals surface area (Å²) >= 11 is 0. The first kappa shape index (κ1) is 11.1. The maximum atomic E-state index is 11.1. The molecule has 5 heteroatoms. The Morgan fingerprint density at radius 2 is 1.94 bits per heavy atom. The van der Waals surface area contributed by atoms with Crippen LogP contribution < -0.4 is 0 Å². The van der Waals surface area contributed by atoms with Gasteiger partial charge in [0.25, 0.3) is 5.69 Å². The number of cyclic esters (lactones) is 1. The highest BCUT2D eigenvalue weighted by atomic mass is 16.6. The first-order valence-corrected chi connectivity index (χ1v) is 4.93. The van der Waals surface area contributed by atoms with E-state index < -0.39 is 4.92 Å². The highest BCUT2D eigenvalue weighted by Gasteiger charge is 2.16. The second kappa shape index (κ2) is 4.21. The molecule has 1 heterocycles. The Morgan fingerprint density at radius 3 is 2.41 bits per heavy atom. The van der Waals surface area contributed by atoms with Gasteiger partial charge < -0.3 is 4.74 Å². The number of ether oxygens (including phenoxy) is 1. The third-order valence-electron chi connectivity index (χ3n) is 2.30. The Hall–Kier alpha value is -2.43. The Kier molecular flexibility index (Phi) is 2.74.